The molecule has 2 aromatic rings. The highest BCUT2D eigenvalue weighted by Gasteiger charge is 2.33. The summed E-state index contributed by atoms with van der Waals surface area (Å²) in [5.41, 5.74) is 3.63. The molecule has 1 N–H and O–H groups in total. The molecule has 2 heterocycles. The zero-order chi connectivity index (χ0) is 24.1. The monoisotopic (exact) mass is 469 g/mol. The number of ether oxygens (including phenoxy) is 1. The third-order valence-electron chi connectivity index (χ3n) is 5.47. The molecule has 168 valence electrons. The van der Waals surface area contributed by atoms with Gasteiger partial charge in [-0.2, -0.15) is 10.5 Å². The Morgan fingerprint density at radius 3 is 2.44 bits per heavy atom. The number of benzene rings is 2. The van der Waals surface area contributed by atoms with E-state index < -0.39 is 12.0 Å². The molecular formula is C26H20ClN5O2. The second-order valence-electron chi connectivity index (χ2n) is 7.57. The van der Waals surface area contributed by atoms with Gasteiger partial charge >= 0.3 is 5.97 Å². The quantitative estimate of drug-likeness (QED) is 0.380. The van der Waals surface area contributed by atoms with Gasteiger partial charge < -0.3 is 10.1 Å². The number of rotatable bonds is 4. The maximum Gasteiger partial charge on any atom is 0.351 e. The molecule has 1 atom stereocenters. The Morgan fingerprint density at radius 1 is 1.12 bits per heavy atom. The molecule has 0 amide bonds. The van der Waals surface area contributed by atoms with Gasteiger partial charge in [-0.15, -0.1) is 0 Å². The Hall–Kier alpha value is -4.20. The summed E-state index contributed by atoms with van der Waals surface area (Å²) in [5.74, 6) is -0.791. The van der Waals surface area contributed by atoms with E-state index in [9.17, 15) is 15.3 Å². The predicted octanol–water partition coefficient (Wildman–Crippen LogP) is 5.11. The summed E-state index contributed by atoms with van der Waals surface area (Å²) in [6.45, 7) is 1.76. The zero-order valence-electron chi connectivity index (χ0n) is 18.4. The maximum absolute atomic E-state index is 12.6. The molecule has 0 aromatic heterocycles. The number of allylic oxidation sites excluding steroid dienone is 1. The van der Waals surface area contributed by atoms with Gasteiger partial charge in [0.2, 0.25) is 0 Å². The van der Waals surface area contributed by atoms with Crippen LogP contribution in [0.2, 0.25) is 0 Å². The van der Waals surface area contributed by atoms with Gasteiger partial charge in [-0.1, -0.05) is 54.1 Å². The number of para-hydroxylation sites is 2. The zero-order valence-corrected chi connectivity index (χ0v) is 19.1. The fourth-order valence-electron chi connectivity index (χ4n) is 3.95. The summed E-state index contributed by atoms with van der Waals surface area (Å²) in [7, 11) is 0. The fraction of sp³-hybridized carbons (Fsp3) is 0.192. The van der Waals surface area contributed by atoms with Gasteiger partial charge in [0.15, 0.2) is 5.57 Å². The predicted molar refractivity (Wildman–Crippen MR) is 131 cm³/mol. The number of fused-ring (bicyclic) bond motifs is 1. The molecule has 0 saturated heterocycles. The normalized spacial score (nSPS) is 18.8. The molecule has 0 fully saturated rings. The number of nitriles is 2. The van der Waals surface area contributed by atoms with Gasteiger partial charge in [-0.25, -0.2) is 9.79 Å². The van der Waals surface area contributed by atoms with Crippen molar-refractivity contribution in [2.75, 3.05) is 6.61 Å². The lowest BCUT2D eigenvalue weighted by Crippen LogP contribution is -2.41. The number of aliphatic imine (C=N–C) groups is 2. The average molecular weight is 470 g/mol. The topological polar surface area (TPSA) is 111 Å². The number of nitrogens with zero attached hydrogens (tertiary/aromatic N) is 4. The van der Waals surface area contributed by atoms with Crippen LogP contribution < -0.4 is 5.32 Å². The number of hydrogen-bond acceptors (Lipinski definition) is 7. The van der Waals surface area contributed by atoms with Crippen molar-refractivity contribution >= 4 is 45.4 Å². The molecule has 7 nitrogen and oxygen atoms in total. The molecule has 8 heteroatoms. The lowest BCUT2D eigenvalue weighted by atomic mass is 9.85. The second kappa shape index (κ2) is 10.2. The second-order valence-corrected chi connectivity index (χ2v) is 8.01. The highest BCUT2D eigenvalue weighted by atomic mass is 35.5. The molecule has 2 aliphatic heterocycles. The Balaban J connectivity index is 1.90. The van der Waals surface area contributed by atoms with Crippen LogP contribution in [-0.4, -0.2) is 29.5 Å². The first-order valence-electron chi connectivity index (χ1n) is 10.7. The minimum absolute atomic E-state index is 0.105. The first-order valence-corrected chi connectivity index (χ1v) is 11.1. The van der Waals surface area contributed by atoms with Gasteiger partial charge in [0.1, 0.15) is 17.3 Å². The smallest absolute Gasteiger partial charge is 0.351 e. The molecule has 0 radical (unpaired) electrons. The van der Waals surface area contributed by atoms with Crippen LogP contribution in [-0.2, 0) is 9.53 Å². The summed E-state index contributed by atoms with van der Waals surface area (Å²) >= 11 is 6.43. The standard InChI is InChI=1S/C26H20ClN5O2/c1-2-34-26(33)19(15-29)25-18(14-28)17(16-8-4-3-5-9-16)12-22(32-25)23-13-24(27)31-21-11-7-6-10-20(21)30-23/h3-11,22,32H,2,12-13H2,1H3/b25-19+. The van der Waals surface area contributed by atoms with Crippen molar-refractivity contribution in [1.29, 1.82) is 10.5 Å². The molecule has 0 saturated carbocycles. The summed E-state index contributed by atoms with van der Waals surface area (Å²) in [5, 5.41) is 23.5. The number of esters is 1. The molecule has 4 rings (SSSR count). The fourth-order valence-corrected chi connectivity index (χ4v) is 4.18. The Kier molecular flexibility index (Phi) is 6.87. The van der Waals surface area contributed by atoms with E-state index in [0.717, 1.165) is 5.56 Å². The number of carbonyl (C=O) groups excluding carboxylic acids is 1. The Bertz CT molecular complexity index is 1340. The number of carbonyl (C=O) groups is 1. The van der Waals surface area contributed by atoms with Crippen LogP contribution in [0.25, 0.3) is 5.57 Å². The molecule has 0 spiro atoms. The lowest BCUT2D eigenvalue weighted by molar-refractivity contribution is -0.138. The molecule has 1 unspecified atom stereocenters. The van der Waals surface area contributed by atoms with Gasteiger partial charge in [-0.3, -0.25) is 4.99 Å². The maximum atomic E-state index is 12.6. The van der Waals surface area contributed by atoms with Crippen LogP contribution >= 0.6 is 11.6 Å². The largest absolute Gasteiger partial charge is 0.462 e. The molecule has 2 aromatic carbocycles. The summed E-state index contributed by atoms with van der Waals surface area (Å²) in [6.07, 6.45) is 0.690. The van der Waals surface area contributed by atoms with E-state index in [1.807, 2.05) is 60.7 Å². The summed E-state index contributed by atoms with van der Waals surface area (Å²) in [6, 6.07) is 20.5. The van der Waals surface area contributed by atoms with Crippen molar-refractivity contribution in [2.45, 2.75) is 25.8 Å². The van der Waals surface area contributed by atoms with E-state index in [1.165, 1.54) is 0 Å². The SMILES string of the molecule is CCOC(=O)/C(C#N)=C1/NC(C2=Nc3ccccc3N=C(Cl)C2)CC(c2ccccc2)=C1C#N. The van der Waals surface area contributed by atoms with Gasteiger partial charge in [0, 0.05) is 12.1 Å². The Morgan fingerprint density at radius 2 is 1.79 bits per heavy atom. The number of halogens is 1. The van der Waals surface area contributed by atoms with Crippen molar-refractivity contribution < 1.29 is 9.53 Å². The van der Waals surface area contributed by atoms with Crippen molar-refractivity contribution in [3.05, 3.63) is 77.0 Å². The van der Waals surface area contributed by atoms with E-state index >= 15 is 0 Å². The van der Waals surface area contributed by atoms with Gasteiger partial charge in [0.25, 0.3) is 0 Å². The van der Waals surface area contributed by atoms with Crippen LogP contribution in [0.15, 0.2) is 81.4 Å². The van der Waals surface area contributed by atoms with Gasteiger partial charge in [0.05, 0.1) is 35.3 Å². The molecule has 0 aliphatic carbocycles. The number of nitrogens with one attached hydrogen (secondary N) is 1. The summed E-state index contributed by atoms with van der Waals surface area (Å²) in [4.78, 5) is 21.9. The van der Waals surface area contributed by atoms with E-state index in [0.29, 0.717) is 34.3 Å². The van der Waals surface area contributed by atoms with Crippen molar-refractivity contribution in [3.63, 3.8) is 0 Å². The lowest BCUT2D eigenvalue weighted by Gasteiger charge is -2.30. The minimum atomic E-state index is -0.791. The molecule has 2 aliphatic rings. The van der Waals surface area contributed by atoms with E-state index in [4.69, 9.17) is 21.3 Å². The van der Waals surface area contributed by atoms with Gasteiger partial charge in [-0.05, 0) is 36.6 Å². The van der Waals surface area contributed by atoms with Crippen LogP contribution in [0.5, 0.6) is 0 Å². The highest BCUT2D eigenvalue weighted by Crippen LogP contribution is 2.36. The minimum Gasteiger partial charge on any atom is -0.462 e. The van der Waals surface area contributed by atoms with Crippen molar-refractivity contribution in [1.82, 2.24) is 5.32 Å². The molecule has 0 bridgehead atoms. The number of hydrogen-bond donors (Lipinski definition) is 1. The Labute approximate surface area is 202 Å². The van der Waals surface area contributed by atoms with E-state index in [2.05, 4.69) is 16.4 Å². The average Bonchev–Trinajstić information content (AvgIpc) is 3.02. The van der Waals surface area contributed by atoms with Crippen LogP contribution in [0, 0.1) is 22.7 Å². The molecular weight excluding hydrogens is 450 g/mol. The highest BCUT2D eigenvalue weighted by molar-refractivity contribution is 6.67. The van der Waals surface area contributed by atoms with Crippen LogP contribution in [0.4, 0.5) is 11.4 Å². The first kappa shape index (κ1) is 23.0. The third kappa shape index (κ3) is 4.61. The first-order chi connectivity index (χ1) is 16.5. The third-order valence-corrected chi connectivity index (χ3v) is 5.69. The molecule has 34 heavy (non-hydrogen) atoms. The van der Waals surface area contributed by atoms with Crippen molar-refractivity contribution in [3.8, 4) is 12.1 Å². The van der Waals surface area contributed by atoms with E-state index in [1.54, 1.807) is 6.92 Å². The van der Waals surface area contributed by atoms with E-state index in [-0.39, 0.29) is 29.9 Å². The van der Waals surface area contributed by atoms with Crippen molar-refractivity contribution in [2.24, 2.45) is 9.98 Å². The summed E-state index contributed by atoms with van der Waals surface area (Å²) < 4.78 is 5.08. The van der Waals surface area contributed by atoms with Crippen LogP contribution in [0.1, 0.15) is 25.3 Å². The van der Waals surface area contributed by atoms with Crippen LogP contribution in [0.3, 0.4) is 0 Å².